The van der Waals surface area contributed by atoms with Crippen LogP contribution < -0.4 is 15.8 Å². The third-order valence-electron chi connectivity index (χ3n) is 2.89. The maximum atomic E-state index is 5.83. The number of methoxy groups -OCH3 is 1. The van der Waals surface area contributed by atoms with Gasteiger partial charge in [0.15, 0.2) is 5.96 Å². The molecule has 0 fully saturated rings. The van der Waals surface area contributed by atoms with Crippen molar-refractivity contribution < 1.29 is 4.74 Å². The topological polar surface area (TPSA) is 59.6 Å². The van der Waals surface area contributed by atoms with Gasteiger partial charge in [-0.1, -0.05) is 26.0 Å². The summed E-state index contributed by atoms with van der Waals surface area (Å²) in [5.74, 6) is 2.01. The van der Waals surface area contributed by atoms with Crippen molar-refractivity contribution in [3.8, 4) is 5.75 Å². The highest BCUT2D eigenvalue weighted by molar-refractivity contribution is 14.0. The molecule has 3 N–H and O–H groups in total. The molecular formula is C15H26IN3O. The Morgan fingerprint density at radius 2 is 2.10 bits per heavy atom. The van der Waals surface area contributed by atoms with E-state index in [0.29, 0.717) is 18.4 Å². The van der Waals surface area contributed by atoms with Gasteiger partial charge in [0, 0.05) is 12.1 Å². The average Bonchev–Trinajstić information content (AvgIpc) is 2.36. The minimum absolute atomic E-state index is 0. The minimum Gasteiger partial charge on any atom is -0.496 e. The van der Waals surface area contributed by atoms with E-state index >= 15 is 0 Å². The van der Waals surface area contributed by atoms with Crippen LogP contribution in [0.15, 0.2) is 23.2 Å². The van der Waals surface area contributed by atoms with Gasteiger partial charge in [0.1, 0.15) is 5.75 Å². The number of hydrogen-bond donors (Lipinski definition) is 2. The molecule has 20 heavy (non-hydrogen) atoms. The summed E-state index contributed by atoms with van der Waals surface area (Å²) in [6, 6.07) is 6.09. The quantitative estimate of drug-likeness (QED) is 0.445. The number of guanidine groups is 1. The highest BCUT2D eigenvalue weighted by atomic mass is 127. The van der Waals surface area contributed by atoms with Gasteiger partial charge in [0.25, 0.3) is 0 Å². The molecule has 0 aliphatic carbocycles. The molecule has 0 atom stereocenters. The van der Waals surface area contributed by atoms with Crippen LogP contribution in [-0.2, 0) is 6.54 Å². The van der Waals surface area contributed by atoms with E-state index in [4.69, 9.17) is 10.5 Å². The Labute approximate surface area is 139 Å². The van der Waals surface area contributed by atoms with Crippen LogP contribution in [0.2, 0.25) is 0 Å². The highest BCUT2D eigenvalue weighted by Crippen LogP contribution is 2.20. The van der Waals surface area contributed by atoms with Gasteiger partial charge in [-0.25, -0.2) is 4.99 Å². The van der Waals surface area contributed by atoms with E-state index in [1.165, 1.54) is 5.56 Å². The van der Waals surface area contributed by atoms with E-state index in [-0.39, 0.29) is 24.0 Å². The van der Waals surface area contributed by atoms with Gasteiger partial charge in [-0.05, 0) is 30.9 Å². The van der Waals surface area contributed by atoms with Crippen molar-refractivity contribution in [1.29, 1.82) is 0 Å². The second kappa shape index (κ2) is 9.85. The number of rotatable bonds is 6. The zero-order valence-corrected chi connectivity index (χ0v) is 15.1. The van der Waals surface area contributed by atoms with Crippen LogP contribution in [0.3, 0.4) is 0 Å². The first-order chi connectivity index (χ1) is 9.02. The summed E-state index contributed by atoms with van der Waals surface area (Å²) in [5, 5.41) is 3.12. The fourth-order valence-corrected chi connectivity index (χ4v) is 1.70. The summed E-state index contributed by atoms with van der Waals surface area (Å²) < 4.78 is 5.34. The van der Waals surface area contributed by atoms with Crippen LogP contribution in [0.1, 0.15) is 31.4 Å². The van der Waals surface area contributed by atoms with Crippen LogP contribution in [0.4, 0.5) is 0 Å². The van der Waals surface area contributed by atoms with E-state index in [9.17, 15) is 0 Å². The minimum atomic E-state index is 0. The van der Waals surface area contributed by atoms with Crippen LogP contribution in [0.5, 0.6) is 5.75 Å². The van der Waals surface area contributed by atoms with Crippen molar-refractivity contribution >= 4 is 29.9 Å². The molecule has 0 aliphatic heterocycles. The van der Waals surface area contributed by atoms with Crippen LogP contribution in [0, 0.1) is 12.8 Å². The average molecular weight is 391 g/mol. The molecule has 0 bridgehead atoms. The molecular weight excluding hydrogens is 365 g/mol. The fraction of sp³-hybridized carbons (Fsp3) is 0.533. The highest BCUT2D eigenvalue weighted by Gasteiger charge is 2.02. The van der Waals surface area contributed by atoms with Gasteiger partial charge in [0.2, 0.25) is 0 Å². The smallest absolute Gasteiger partial charge is 0.188 e. The number of nitrogens with one attached hydrogen (secondary N) is 1. The zero-order chi connectivity index (χ0) is 14.3. The molecule has 0 saturated carbocycles. The van der Waals surface area contributed by atoms with Crippen molar-refractivity contribution in [3.63, 3.8) is 0 Å². The van der Waals surface area contributed by atoms with Crippen molar-refractivity contribution in [3.05, 3.63) is 29.3 Å². The number of benzene rings is 1. The molecule has 1 aromatic carbocycles. The number of aryl methyl sites for hydroxylation is 1. The number of nitrogens with zero attached hydrogens (tertiary/aromatic N) is 1. The van der Waals surface area contributed by atoms with Gasteiger partial charge < -0.3 is 15.8 Å². The first kappa shape index (κ1) is 19.0. The Morgan fingerprint density at radius 1 is 1.40 bits per heavy atom. The molecule has 0 amide bonds. The Balaban J connectivity index is 0.00000361. The molecule has 1 rings (SSSR count). The van der Waals surface area contributed by atoms with Gasteiger partial charge >= 0.3 is 0 Å². The molecule has 0 spiro atoms. The first-order valence-corrected chi connectivity index (χ1v) is 6.70. The lowest BCUT2D eigenvalue weighted by Crippen LogP contribution is -2.32. The van der Waals surface area contributed by atoms with Crippen molar-refractivity contribution in [2.24, 2.45) is 16.6 Å². The van der Waals surface area contributed by atoms with Gasteiger partial charge in [-0.2, -0.15) is 0 Å². The lowest BCUT2D eigenvalue weighted by atomic mass is 10.1. The third kappa shape index (κ3) is 6.98. The van der Waals surface area contributed by atoms with Crippen molar-refractivity contribution in [1.82, 2.24) is 5.32 Å². The van der Waals surface area contributed by atoms with E-state index in [1.807, 2.05) is 19.1 Å². The molecule has 0 heterocycles. The molecule has 4 nitrogen and oxygen atoms in total. The number of halogens is 1. The molecule has 0 aromatic heterocycles. The Kier molecular flexibility index (Phi) is 9.37. The van der Waals surface area contributed by atoms with E-state index in [1.54, 1.807) is 7.11 Å². The number of aliphatic imine (C=N–C) groups is 1. The van der Waals surface area contributed by atoms with E-state index < -0.39 is 0 Å². The largest absolute Gasteiger partial charge is 0.496 e. The summed E-state index contributed by atoms with van der Waals surface area (Å²) >= 11 is 0. The second-order valence-corrected chi connectivity index (χ2v) is 5.13. The SMILES string of the molecule is COc1cc(C)ccc1CN=C(N)NCCC(C)C.I. The maximum absolute atomic E-state index is 5.83. The first-order valence-electron chi connectivity index (χ1n) is 6.70. The summed E-state index contributed by atoms with van der Waals surface area (Å²) in [6.07, 6.45) is 1.09. The van der Waals surface area contributed by atoms with Gasteiger partial charge in [-0.3, -0.25) is 0 Å². The van der Waals surface area contributed by atoms with Gasteiger partial charge in [-0.15, -0.1) is 24.0 Å². The monoisotopic (exact) mass is 391 g/mol. The Hall–Kier alpha value is -0.980. The Morgan fingerprint density at radius 3 is 2.70 bits per heavy atom. The summed E-state index contributed by atoms with van der Waals surface area (Å²) in [6.45, 7) is 7.80. The second-order valence-electron chi connectivity index (χ2n) is 5.13. The summed E-state index contributed by atoms with van der Waals surface area (Å²) in [5.41, 5.74) is 8.04. The molecule has 0 aliphatic rings. The molecule has 0 unspecified atom stereocenters. The van der Waals surface area contributed by atoms with Crippen molar-refractivity contribution in [2.45, 2.75) is 33.7 Å². The predicted molar refractivity (Wildman–Crippen MR) is 95.9 cm³/mol. The zero-order valence-electron chi connectivity index (χ0n) is 12.8. The summed E-state index contributed by atoms with van der Waals surface area (Å²) in [4.78, 5) is 4.33. The van der Waals surface area contributed by atoms with Crippen molar-refractivity contribution in [2.75, 3.05) is 13.7 Å². The lowest BCUT2D eigenvalue weighted by Gasteiger charge is -2.09. The number of nitrogens with two attached hydrogens (primary N) is 1. The van der Waals surface area contributed by atoms with Crippen LogP contribution >= 0.6 is 24.0 Å². The normalized spacial score (nSPS) is 11.2. The van der Waals surface area contributed by atoms with Crippen LogP contribution in [0.25, 0.3) is 0 Å². The van der Waals surface area contributed by atoms with E-state index in [2.05, 4.69) is 30.2 Å². The molecule has 0 saturated heterocycles. The van der Waals surface area contributed by atoms with E-state index in [0.717, 1.165) is 24.3 Å². The lowest BCUT2D eigenvalue weighted by molar-refractivity contribution is 0.409. The fourth-order valence-electron chi connectivity index (χ4n) is 1.70. The van der Waals surface area contributed by atoms with Crippen LogP contribution in [-0.4, -0.2) is 19.6 Å². The molecule has 1 aromatic rings. The summed E-state index contributed by atoms with van der Waals surface area (Å²) in [7, 11) is 1.67. The van der Waals surface area contributed by atoms with Gasteiger partial charge in [0.05, 0.1) is 13.7 Å². The molecule has 5 heteroatoms. The predicted octanol–water partition coefficient (Wildman–Crippen LogP) is 3.07. The third-order valence-corrected chi connectivity index (χ3v) is 2.89. The maximum Gasteiger partial charge on any atom is 0.188 e. The standard InChI is InChI=1S/C15H25N3O.HI/c1-11(2)7-8-17-15(16)18-10-13-6-5-12(3)9-14(13)19-4;/h5-6,9,11H,7-8,10H2,1-4H3,(H3,16,17,18);1H. The Bertz CT molecular complexity index is 433. The molecule has 0 radical (unpaired) electrons. The molecule has 114 valence electrons. The number of hydrogen-bond acceptors (Lipinski definition) is 2. The number of ether oxygens (including phenoxy) is 1.